The Balaban J connectivity index is 2.26. The van der Waals surface area contributed by atoms with Gasteiger partial charge in [0.25, 0.3) is 0 Å². The molecule has 0 aromatic heterocycles. The normalized spacial score (nSPS) is 17.9. The minimum atomic E-state index is -0.455. The molecule has 1 atom stereocenters. The maximum atomic E-state index is 9.58. The Morgan fingerprint density at radius 3 is 2.71 bits per heavy atom. The number of aryl methyl sites for hydroxylation is 1. The predicted molar refractivity (Wildman–Crippen MR) is 55.5 cm³/mol. The Bertz CT molecular complexity index is 327. The van der Waals surface area contributed by atoms with Crippen molar-refractivity contribution in [3.05, 3.63) is 29.3 Å². The molecule has 1 aromatic carbocycles. The molecule has 2 nitrogen and oxygen atoms in total. The predicted octanol–water partition coefficient (Wildman–Crippen LogP) is 2.59. The monoisotopic (exact) mass is 192 g/mol. The Morgan fingerprint density at radius 2 is 2.14 bits per heavy atom. The molecule has 1 N–H and O–H groups in total. The highest BCUT2D eigenvalue weighted by atomic mass is 16.5. The minimum absolute atomic E-state index is 0.384. The van der Waals surface area contributed by atoms with Gasteiger partial charge in [-0.05, 0) is 38.8 Å². The Labute approximate surface area is 84.5 Å². The maximum Gasteiger partial charge on any atom is 0.125 e. The first kappa shape index (κ1) is 9.53. The van der Waals surface area contributed by atoms with Crippen molar-refractivity contribution in [3.63, 3.8) is 0 Å². The minimum Gasteiger partial charge on any atom is -0.490 e. The lowest BCUT2D eigenvalue weighted by Gasteiger charge is -2.13. The summed E-state index contributed by atoms with van der Waals surface area (Å²) in [4.78, 5) is 0. The van der Waals surface area contributed by atoms with Crippen LogP contribution in [0.3, 0.4) is 0 Å². The molecule has 0 aliphatic heterocycles. The Kier molecular flexibility index (Phi) is 2.46. The average Bonchev–Trinajstić information content (AvgIpc) is 2.91. The fourth-order valence-electron chi connectivity index (χ4n) is 1.47. The van der Waals surface area contributed by atoms with Crippen LogP contribution in [0.4, 0.5) is 0 Å². The summed E-state index contributed by atoms with van der Waals surface area (Å²) in [6, 6.07) is 5.96. The molecule has 0 saturated heterocycles. The molecule has 0 spiro atoms. The van der Waals surface area contributed by atoms with E-state index in [9.17, 15) is 5.11 Å². The largest absolute Gasteiger partial charge is 0.490 e. The van der Waals surface area contributed by atoms with Crippen molar-refractivity contribution in [1.29, 1.82) is 0 Å². The lowest BCUT2D eigenvalue weighted by Crippen LogP contribution is -2.02. The molecule has 2 heteroatoms. The second kappa shape index (κ2) is 3.62. The number of hydrogen-bond acceptors (Lipinski definition) is 2. The van der Waals surface area contributed by atoms with Crippen LogP contribution in [0, 0.1) is 6.92 Å². The van der Waals surface area contributed by atoms with Crippen LogP contribution < -0.4 is 4.74 Å². The molecule has 14 heavy (non-hydrogen) atoms. The zero-order valence-corrected chi connectivity index (χ0v) is 8.66. The van der Waals surface area contributed by atoms with E-state index in [1.165, 1.54) is 0 Å². The van der Waals surface area contributed by atoms with Gasteiger partial charge in [0.05, 0.1) is 12.2 Å². The van der Waals surface area contributed by atoms with Gasteiger partial charge in [0, 0.05) is 5.56 Å². The van der Waals surface area contributed by atoms with Crippen LogP contribution in [0.1, 0.15) is 37.0 Å². The van der Waals surface area contributed by atoms with E-state index in [2.05, 4.69) is 0 Å². The molecule has 0 amide bonds. The number of benzene rings is 1. The van der Waals surface area contributed by atoms with Crippen molar-refractivity contribution in [2.45, 2.75) is 38.9 Å². The highest BCUT2D eigenvalue weighted by Crippen LogP contribution is 2.32. The van der Waals surface area contributed by atoms with E-state index in [0.717, 1.165) is 29.7 Å². The molecule has 0 radical (unpaired) electrons. The van der Waals surface area contributed by atoms with E-state index in [1.54, 1.807) is 6.92 Å². The summed E-state index contributed by atoms with van der Waals surface area (Å²) in [7, 11) is 0. The first-order valence-corrected chi connectivity index (χ1v) is 5.12. The molecule has 1 fully saturated rings. The van der Waals surface area contributed by atoms with Gasteiger partial charge in [-0.25, -0.2) is 0 Å². The molecule has 1 aliphatic rings. The van der Waals surface area contributed by atoms with Gasteiger partial charge in [0.15, 0.2) is 0 Å². The quantitative estimate of drug-likeness (QED) is 0.797. The van der Waals surface area contributed by atoms with Crippen LogP contribution in [-0.2, 0) is 0 Å². The lowest BCUT2D eigenvalue weighted by molar-refractivity contribution is 0.190. The van der Waals surface area contributed by atoms with Gasteiger partial charge in [-0.2, -0.15) is 0 Å². The van der Waals surface area contributed by atoms with Gasteiger partial charge in [0.1, 0.15) is 5.75 Å². The van der Waals surface area contributed by atoms with Crippen LogP contribution in [0.15, 0.2) is 18.2 Å². The highest BCUT2D eigenvalue weighted by Gasteiger charge is 2.25. The number of aliphatic hydroxyl groups excluding tert-OH is 1. The molecule has 1 unspecified atom stereocenters. The summed E-state index contributed by atoms with van der Waals surface area (Å²) in [5.74, 6) is 0.841. The maximum absolute atomic E-state index is 9.58. The van der Waals surface area contributed by atoms with Gasteiger partial charge in [0.2, 0.25) is 0 Å². The summed E-state index contributed by atoms with van der Waals surface area (Å²) in [6.07, 6.45) is 2.22. The van der Waals surface area contributed by atoms with Crippen LogP contribution in [-0.4, -0.2) is 11.2 Å². The molecule has 0 heterocycles. The first-order valence-electron chi connectivity index (χ1n) is 5.12. The van der Waals surface area contributed by atoms with E-state index in [0.29, 0.717) is 6.10 Å². The second-order valence-corrected chi connectivity index (χ2v) is 4.03. The zero-order valence-electron chi connectivity index (χ0n) is 8.66. The van der Waals surface area contributed by atoms with Crippen LogP contribution in [0.2, 0.25) is 0 Å². The van der Waals surface area contributed by atoms with Gasteiger partial charge < -0.3 is 9.84 Å². The standard InChI is InChI=1S/C12H16O2/c1-8-3-6-12(14-10-4-5-10)11(7-8)9(2)13/h3,6-7,9-10,13H,4-5H2,1-2H3. The molecular weight excluding hydrogens is 176 g/mol. The van der Waals surface area contributed by atoms with Crippen molar-refractivity contribution in [2.24, 2.45) is 0 Å². The third-order valence-electron chi connectivity index (χ3n) is 2.43. The molecule has 0 bridgehead atoms. The summed E-state index contributed by atoms with van der Waals surface area (Å²) >= 11 is 0. The molecule has 1 aromatic rings. The molecular formula is C12H16O2. The smallest absolute Gasteiger partial charge is 0.125 e. The lowest BCUT2D eigenvalue weighted by atomic mass is 10.1. The zero-order chi connectivity index (χ0) is 10.1. The SMILES string of the molecule is Cc1ccc(OC2CC2)c(C(C)O)c1. The van der Waals surface area contributed by atoms with Crippen molar-refractivity contribution in [1.82, 2.24) is 0 Å². The summed E-state index contributed by atoms with van der Waals surface area (Å²) in [5, 5.41) is 9.58. The topological polar surface area (TPSA) is 29.5 Å². The number of aliphatic hydroxyl groups is 1. The van der Waals surface area contributed by atoms with Crippen molar-refractivity contribution in [2.75, 3.05) is 0 Å². The fourth-order valence-corrected chi connectivity index (χ4v) is 1.47. The fraction of sp³-hybridized carbons (Fsp3) is 0.500. The van der Waals surface area contributed by atoms with Crippen molar-refractivity contribution < 1.29 is 9.84 Å². The third-order valence-corrected chi connectivity index (χ3v) is 2.43. The second-order valence-electron chi connectivity index (χ2n) is 4.03. The molecule has 2 rings (SSSR count). The van der Waals surface area contributed by atoms with E-state index in [-0.39, 0.29) is 0 Å². The molecule has 1 saturated carbocycles. The molecule has 76 valence electrons. The van der Waals surface area contributed by atoms with Crippen LogP contribution in [0.25, 0.3) is 0 Å². The van der Waals surface area contributed by atoms with Crippen molar-refractivity contribution >= 4 is 0 Å². The van der Waals surface area contributed by atoms with Gasteiger partial charge >= 0.3 is 0 Å². The van der Waals surface area contributed by atoms with E-state index < -0.39 is 6.10 Å². The van der Waals surface area contributed by atoms with Crippen LogP contribution >= 0.6 is 0 Å². The number of rotatable bonds is 3. The van der Waals surface area contributed by atoms with Crippen molar-refractivity contribution in [3.8, 4) is 5.75 Å². The number of ether oxygens (including phenoxy) is 1. The van der Waals surface area contributed by atoms with E-state index >= 15 is 0 Å². The van der Waals surface area contributed by atoms with Gasteiger partial charge in [-0.15, -0.1) is 0 Å². The van der Waals surface area contributed by atoms with Gasteiger partial charge in [-0.1, -0.05) is 11.6 Å². The van der Waals surface area contributed by atoms with Gasteiger partial charge in [-0.3, -0.25) is 0 Å². The van der Waals surface area contributed by atoms with Crippen LogP contribution in [0.5, 0.6) is 5.75 Å². The average molecular weight is 192 g/mol. The van der Waals surface area contributed by atoms with E-state index in [4.69, 9.17) is 4.74 Å². The molecule has 1 aliphatic carbocycles. The Hall–Kier alpha value is -1.02. The summed E-state index contributed by atoms with van der Waals surface area (Å²) in [6.45, 7) is 3.79. The van der Waals surface area contributed by atoms with E-state index in [1.807, 2.05) is 25.1 Å². The first-order chi connectivity index (χ1) is 6.66. The Morgan fingerprint density at radius 1 is 1.43 bits per heavy atom. The summed E-state index contributed by atoms with van der Waals surface area (Å²) < 4.78 is 5.71. The third kappa shape index (κ3) is 2.07. The summed E-state index contributed by atoms with van der Waals surface area (Å²) in [5.41, 5.74) is 2.06. The number of hydrogen-bond donors (Lipinski definition) is 1. The highest BCUT2D eigenvalue weighted by molar-refractivity contribution is 5.38.